The van der Waals surface area contributed by atoms with Gasteiger partial charge in [-0.15, -0.1) is 0 Å². The fourth-order valence-electron chi connectivity index (χ4n) is 4.00. The lowest BCUT2D eigenvalue weighted by Gasteiger charge is -2.12. The van der Waals surface area contributed by atoms with E-state index in [4.69, 9.17) is 11.6 Å². The molecule has 9 heteroatoms. The van der Waals surface area contributed by atoms with E-state index in [0.717, 1.165) is 44.1 Å². The molecule has 0 saturated carbocycles. The molecule has 0 atom stereocenters. The molecule has 0 aliphatic heterocycles. The minimum absolute atomic E-state index is 0.00143. The van der Waals surface area contributed by atoms with E-state index >= 15 is 0 Å². The Bertz CT molecular complexity index is 1420. The van der Waals surface area contributed by atoms with Gasteiger partial charge in [0.25, 0.3) is 0 Å². The molecule has 6 nitrogen and oxygen atoms in total. The van der Waals surface area contributed by atoms with Crippen LogP contribution in [-0.2, 0) is 13.0 Å². The van der Waals surface area contributed by atoms with Gasteiger partial charge in [0.1, 0.15) is 16.5 Å². The van der Waals surface area contributed by atoms with Crippen LogP contribution in [0.5, 0.6) is 0 Å². The van der Waals surface area contributed by atoms with Crippen LogP contribution in [0, 0.1) is 11.3 Å². The zero-order valence-corrected chi connectivity index (χ0v) is 21.6. The summed E-state index contributed by atoms with van der Waals surface area (Å²) in [6.45, 7) is 2.37. The number of halogens is 3. The van der Waals surface area contributed by atoms with Gasteiger partial charge in [0.15, 0.2) is 10.8 Å². The van der Waals surface area contributed by atoms with E-state index in [0.29, 0.717) is 24.4 Å². The van der Waals surface area contributed by atoms with Crippen molar-refractivity contribution in [3.8, 4) is 11.8 Å². The number of aryl methyl sites for hydroxylation is 1. The summed E-state index contributed by atoms with van der Waals surface area (Å²) < 4.78 is 5.24. The molecule has 2 aromatic carbocycles. The maximum Gasteiger partial charge on any atom is 0.355 e. The third-order valence-electron chi connectivity index (χ3n) is 5.52. The molecule has 1 N–H and O–H groups in total. The first-order chi connectivity index (χ1) is 15.9. The van der Waals surface area contributed by atoms with E-state index in [1.54, 1.807) is 10.6 Å². The smallest absolute Gasteiger partial charge is 0.355 e. The number of imidazole rings is 1. The lowest BCUT2D eigenvalue weighted by molar-refractivity contribution is 0.0685. The topological polar surface area (TPSA) is 83.8 Å². The van der Waals surface area contributed by atoms with Gasteiger partial charge in [-0.2, -0.15) is 5.26 Å². The zero-order valence-electron chi connectivity index (χ0n) is 17.6. The van der Waals surface area contributed by atoms with Crippen LogP contribution in [0.4, 0.5) is 0 Å². The van der Waals surface area contributed by atoms with Crippen LogP contribution in [0.15, 0.2) is 51.5 Å². The second kappa shape index (κ2) is 9.72. The van der Waals surface area contributed by atoms with Crippen molar-refractivity contribution >= 4 is 60.3 Å². The number of para-hydroxylation sites is 1. The van der Waals surface area contributed by atoms with Crippen LogP contribution in [0.3, 0.4) is 0 Å². The number of aromatic nitrogens is 3. The second-order valence-corrected chi connectivity index (χ2v) is 9.44. The quantitative estimate of drug-likeness (QED) is 0.252. The van der Waals surface area contributed by atoms with Crippen LogP contribution in [0.25, 0.3) is 16.6 Å². The van der Waals surface area contributed by atoms with E-state index in [1.807, 2.05) is 41.0 Å². The summed E-state index contributed by atoms with van der Waals surface area (Å²) in [4.78, 5) is 16.3. The molecule has 0 aliphatic rings. The lowest BCUT2D eigenvalue weighted by Crippen LogP contribution is -2.13. The third-order valence-corrected chi connectivity index (χ3v) is 7.84. The Labute approximate surface area is 212 Å². The summed E-state index contributed by atoms with van der Waals surface area (Å²) in [5.41, 5.74) is 3.07. The molecule has 168 valence electrons. The molecule has 0 spiro atoms. The lowest BCUT2D eigenvalue weighted by atomic mass is 10.1. The SMILES string of the molecule is CCCCc1nc(Cl)c(C(=O)O)n1Cc1cccc2c1c(Br)c(Br)n2-c1ccccc1C#N. The molecule has 2 heterocycles. The Kier molecular flexibility index (Phi) is 6.94. The minimum atomic E-state index is -1.11. The molecule has 4 rings (SSSR count). The molecular weight excluding hydrogens is 572 g/mol. The van der Waals surface area contributed by atoms with Crippen LogP contribution in [-0.4, -0.2) is 25.2 Å². The van der Waals surface area contributed by atoms with Crippen LogP contribution < -0.4 is 0 Å². The van der Waals surface area contributed by atoms with Crippen molar-refractivity contribution < 1.29 is 9.90 Å². The number of benzene rings is 2. The van der Waals surface area contributed by atoms with E-state index in [1.165, 1.54) is 0 Å². The van der Waals surface area contributed by atoms with E-state index in [2.05, 4.69) is 49.8 Å². The monoisotopic (exact) mass is 588 g/mol. The van der Waals surface area contributed by atoms with Gasteiger partial charge in [-0.1, -0.05) is 49.2 Å². The summed E-state index contributed by atoms with van der Waals surface area (Å²) in [6, 6.07) is 15.5. The molecule has 2 aromatic heterocycles. The summed E-state index contributed by atoms with van der Waals surface area (Å²) in [7, 11) is 0. The highest BCUT2D eigenvalue weighted by atomic mass is 79.9. The average Bonchev–Trinajstić information content (AvgIpc) is 3.25. The predicted molar refractivity (Wildman–Crippen MR) is 135 cm³/mol. The molecule has 0 unspecified atom stereocenters. The molecule has 0 fully saturated rings. The van der Waals surface area contributed by atoms with Crippen LogP contribution in [0.2, 0.25) is 5.15 Å². The van der Waals surface area contributed by atoms with Gasteiger partial charge in [-0.25, -0.2) is 9.78 Å². The molecule has 0 radical (unpaired) electrons. The number of unbranched alkanes of at least 4 members (excludes halogenated alkanes) is 1. The van der Waals surface area contributed by atoms with Crippen LogP contribution in [0.1, 0.15) is 47.2 Å². The van der Waals surface area contributed by atoms with Crippen LogP contribution >= 0.6 is 43.5 Å². The predicted octanol–water partition coefficient (Wildman–Crippen LogP) is 6.97. The number of aromatic carboxylic acids is 1. The van der Waals surface area contributed by atoms with E-state index in [9.17, 15) is 15.2 Å². The minimum Gasteiger partial charge on any atom is -0.476 e. The fraction of sp³-hybridized carbons (Fsp3) is 0.208. The first-order valence-corrected chi connectivity index (χ1v) is 12.3. The zero-order chi connectivity index (χ0) is 23.7. The number of carboxylic acid groups (broad SMARTS) is 1. The Morgan fingerprint density at radius 3 is 2.67 bits per heavy atom. The van der Waals surface area contributed by atoms with Gasteiger partial charge in [0.05, 0.1) is 27.8 Å². The molecule has 4 aromatic rings. The van der Waals surface area contributed by atoms with Gasteiger partial charge in [-0.05, 0) is 62.0 Å². The van der Waals surface area contributed by atoms with Crippen molar-refractivity contribution in [2.45, 2.75) is 32.7 Å². The summed E-state index contributed by atoms with van der Waals surface area (Å²) in [5.74, 6) is -0.455. The van der Waals surface area contributed by atoms with Gasteiger partial charge >= 0.3 is 5.97 Å². The summed E-state index contributed by atoms with van der Waals surface area (Å²) in [5, 5.41) is 20.3. The van der Waals surface area contributed by atoms with Gasteiger partial charge in [0.2, 0.25) is 0 Å². The number of fused-ring (bicyclic) bond motifs is 1. The number of carbonyl (C=O) groups is 1. The largest absolute Gasteiger partial charge is 0.476 e. The highest BCUT2D eigenvalue weighted by molar-refractivity contribution is 9.13. The van der Waals surface area contributed by atoms with E-state index in [-0.39, 0.29) is 10.8 Å². The summed E-state index contributed by atoms with van der Waals surface area (Å²) >= 11 is 13.6. The Balaban J connectivity index is 1.92. The average molecular weight is 591 g/mol. The highest BCUT2D eigenvalue weighted by Gasteiger charge is 2.24. The van der Waals surface area contributed by atoms with Crippen molar-refractivity contribution in [3.63, 3.8) is 0 Å². The standard InChI is InChI=1S/C24H19Br2ClN4O2/c1-2-3-11-18-29-23(27)21(24(32)33)30(18)13-15-8-6-10-17-19(15)20(25)22(26)31(17)16-9-5-4-7-14(16)12-28/h4-10H,2-3,11,13H2,1H3,(H,32,33). The molecule has 33 heavy (non-hydrogen) atoms. The normalized spacial score (nSPS) is 11.1. The molecule has 0 saturated heterocycles. The maximum absolute atomic E-state index is 12.0. The first kappa shape index (κ1) is 23.6. The van der Waals surface area contributed by atoms with Gasteiger partial charge in [0, 0.05) is 11.8 Å². The van der Waals surface area contributed by atoms with Crippen molar-refractivity contribution in [2.24, 2.45) is 0 Å². The molecular formula is C24H19Br2ClN4O2. The van der Waals surface area contributed by atoms with Crippen molar-refractivity contribution in [3.05, 3.63) is 79.3 Å². The highest BCUT2D eigenvalue weighted by Crippen LogP contribution is 2.40. The summed E-state index contributed by atoms with van der Waals surface area (Å²) in [6.07, 6.45) is 2.48. The van der Waals surface area contributed by atoms with Crippen molar-refractivity contribution in [2.75, 3.05) is 0 Å². The fourth-order valence-corrected chi connectivity index (χ4v) is 5.50. The molecule has 0 amide bonds. The van der Waals surface area contributed by atoms with Gasteiger partial charge < -0.3 is 14.2 Å². The van der Waals surface area contributed by atoms with Gasteiger partial charge in [-0.3, -0.25) is 0 Å². The number of hydrogen-bond acceptors (Lipinski definition) is 3. The Hall–Kier alpha value is -2.60. The third kappa shape index (κ3) is 4.21. The maximum atomic E-state index is 12.0. The molecule has 0 aliphatic carbocycles. The first-order valence-electron chi connectivity index (χ1n) is 10.3. The van der Waals surface area contributed by atoms with Crippen molar-refractivity contribution in [1.82, 2.24) is 14.1 Å². The van der Waals surface area contributed by atoms with E-state index < -0.39 is 5.97 Å². The number of nitriles is 1. The Morgan fingerprint density at radius 2 is 1.97 bits per heavy atom. The number of nitrogens with zero attached hydrogens (tertiary/aromatic N) is 4. The number of hydrogen-bond donors (Lipinski definition) is 1. The number of carboxylic acids is 1. The number of rotatable bonds is 7. The van der Waals surface area contributed by atoms with Crippen molar-refractivity contribution in [1.29, 1.82) is 5.26 Å². The second-order valence-electron chi connectivity index (χ2n) is 7.54. The Morgan fingerprint density at radius 1 is 1.21 bits per heavy atom. The molecule has 0 bridgehead atoms.